The Balaban J connectivity index is 1.32. The Kier molecular flexibility index (Phi) is 7.31. The number of hydrogen-bond donors (Lipinski definition) is 2. The first-order valence-corrected chi connectivity index (χ1v) is 10.8. The number of piperazine rings is 1. The summed E-state index contributed by atoms with van der Waals surface area (Å²) in [6.07, 6.45) is 4.86. The zero-order chi connectivity index (χ0) is 23.0. The summed E-state index contributed by atoms with van der Waals surface area (Å²) in [6, 6.07) is 13.5. The highest BCUT2D eigenvalue weighted by atomic mass is 19.1. The molecule has 1 aromatic carbocycles. The van der Waals surface area contributed by atoms with E-state index < -0.39 is 11.8 Å². The van der Waals surface area contributed by atoms with Crippen molar-refractivity contribution in [1.82, 2.24) is 20.5 Å². The van der Waals surface area contributed by atoms with E-state index in [-0.39, 0.29) is 24.9 Å². The molecule has 0 unspecified atom stereocenters. The average molecular weight is 452 g/mol. The maximum atomic E-state index is 13.2. The smallest absolute Gasteiger partial charge is 0.309 e. The highest BCUT2D eigenvalue weighted by Crippen LogP contribution is 2.24. The van der Waals surface area contributed by atoms with Gasteiger partial charge in [-0.2, -0.15) is 0 Å². The van der Waals surface area contributed by atoms with Crippen LogP contribution in [0.5, 0.6) is 0 Å². The van der Waals surface area contributed by atoms with Gasteiger partial charge < -0.3 is 20.0 Å². The number of carbonyl (C=O) groups excluding carboxylic acids is 2. The second-order valence-electron chi connectivity index (χ2n) is 7.78. The summed E-state index contributed by atoms with van der Waals surface area (Å²) in [6.45, 7) is 3.46. The molecule has 172 valence electrons. The molecule has 1 aliphatic heterocycles. The molecule has 0 radical (unpaired) electrons. The predicted octanol–water partition coefficient (Wildman–Crippen LogP) is 2.11. The molecule has 33 heavy (non-hydrogen) atoms. The van der Waals surface area contributed by atoms with Gasteiger partial charge in [0.2, 0.25) is 0 Å². The lowest BCUT2D eigenvalue weighted by Crippen LogP contribution is -2.50. The quantitative estimate of drug-likeness (QED) is 0.535. The number of nitrogens with one attached hydrogen (secondary N) is 2. The number of hydrogen-bond acceptors (Lipinski definition) is 6. The maximum Gasteiger partial charge on any atom is 0.309 e. The van der Waals surface area contributed by atoms with E-state index in [2.05, 4.69) is 25.4 Å². The Morgan fingerprint density at radius 3 is 2.33 bits per heavy atom. The molecule has 1 atom stereocenters. The number of amides is 2. The summed E-state index contributed by atoms with van der Waals surface area (Å²) in [5.74, 6) is -0.907. The first kappa shape index (κ1) is 22.5. The molecule has 0 aliphatic carbocycles. The summed E-state index contributed by atoms with van der Waals surface area (Å²) in [5.41, 5.74) is 1.84. The van der Waals surface area contributed by atoms with E-state index in [0.29, 0.717) is 0 Å². The van der Waals surface area contributed by atoms with Crippen LogP contribution in [0.15, 0.2) is 71.6 Å². The minimum atomic E-state index is -0.689. The van der Waals surface area contributed by atoms with E-state index in [0.717, 1.165) is 43.2 Å². The molecule has 0 bridgehead atoms. The number of carbonyl (C=O) groups is 2. The zero-order valence-electron chi connectivity index (χ0n) is 18.1. The first-order chi connectivity index (χ1) is 16.1. The average Bonchev–Trinajstić information content (AvgIpc) is 3.39. The van der Waals surface area contributed by atoms with Crippen LogP contribution in [0, 0.1) is 5.82 Å². The molecule has 2 amide bonds. The van der Waals surface area contributed by atoms with Crippen molar-refractivity contribution in [3.8, 4) is 0 Å². The highest BCUT2D eigenvalue weighted by Gasteiger charge is 2.28. The van der Waals surface area contributed by atoms with Crippen molar-refractivity contribution in [3.63, 3.8) is 0 Å². The third-order valence-electron chi connectivity index (χ3n) is 5.68. The van der Waals surface area contributed by atoms with E-state index in [1.165, 1.54) is 12.1 Å². The van der Waals surface area contributed by atoms with Crippen LogP contribution < -0.4 is 15.5 Å². The van der Waals surface area contributed by atoms with Crippen LogP contribution in [-0.4, -0.2) is 54.4 Å². The summed E-state index contributed by atoms with van der Waals surface area (Å²) in [5, 5.41) is 5.35. The Labute approximate surface area is 191 Å². The molecule has 8 nitrogen and oxygen atoms in total. The van der Waals surface area contributed by atoms with E-state index >= 15 is 0 Å². The molecule has 1 aliphatic rings. The topological polar surface area (TPSA) is 90.7 Å². The van der Waals surface area contributed by atoms with Gasteiger partial charge in [-0.1, -0.05) is 0 Å². The molecule has 2 aromatic heterocycles. The van der Waals surface area contributed by atoms with Gasteiger partial charge in [0.05, 0.1) is 12.3 Å². The van der Waals surface area contributed by atoms with Crippen LogP contribution in [0.2, 0.25) is 0 Å². The minimum Gasteiger partial charge on any atom is -0.468 e. The van der Waals surface area contributed by atoms with E-state index in [9.17, 15) is 14.0 Å². The normalized spacial score (nSPS) is 15.1. The van der Waals surface area contributed by atoms with Gasteiger partial charge in [0.25, 0.3) is 0 Å². The number of halogens is 1. The summed E-state index contributed by atoms with van der Waals surface area (Å²) >= 11 is 0. The number of pyridine rings is 1. The van der Waals surface area contributed by atoms with Gasteiger partial charge in [-0.3, -0.25) is 19.5 Å². The number of furan rings is 1. The number of benzene rings is 1. The van der Waals surface area contributed by atoms with Gasteiger partial charge in [0.15, 0.2) is 0 Å². The van der Waals surface area contributed by atoms with Crippen LogP contribution in [-0.2, 0) is 16.1 Å². The van der Waals surface area contributed by atoms with Crippen molar-refractivity contribution in [3.05, 3.63) is 84.3 Å². The molecule has 4 rings (SSSR count). The van der Waals surface area contributed by atoms with Crippen LogP contribution in [0.3, 0.4) is 0 Å². The first-order valence-electron chi connectivity index (χ1n) is 10.8. The van der Waals surface area contributed by atoms with Crippen LogP contribution in [0.1, 0.15) is 17.4 Å². The van der Waals surface area contributed by atoms with E-state index in [4.69, 9.17) is 4.42 Å². The number of rotatable bonds is 7. The summed E-state index contributed by atoms with van der Waals surface area (Å²) in [7, 11) is 0. The van der Waals surface area contributed by atoms with Crippen LogP contribution >= 0.6 is 0 Å². The Bertz CT molecular complexity index is 1040. The molecule has 3 heterocycles. The monoisotopic (exact) mass is 451 g/mol. The predicted molar refractivity (Wildman–Crippen MR) is 121 cm³/mol. The SMILES string of the molecule is O=C(NCc1ccncc1)C(=O)NC[C@@H](c1ccco1)N1CCN(c2ccc(F)cc2)CC1. The van der Waals surface area contributed by atoms with E-state index in [1.54, 1.807) is 49.0 Å². The zero-order valence-corrected chi connectivity index (χ0v) is 18.1. The van der Waals surface area contributed by atoms with Crippen molar-refractivity contribution < 1.29 is 18.4 Å². The fourth-order valence-corrected chi connectivity index (χ4v) is 3.87. The van der Waals surface area contributed by atoms with Gasteiger partial charge in [-0.25, -0.2) is 4.39 Å². The Morgan fingerprint density at radius 1 is 0.970 bits per heavy atom. The molecule has 1 fully saturated rings. The second-order valence-corrected chi connectivity index (χ2v) is 7.78. The van der Waals surface area contributed by atoms with Gasteiger partial charge in [0, 0.05) is 57.3 Å². The Hall–Kier alpha value is -3.72. The van der Waals surface area contributed by atoms with Crippen LogP contribution in [0.4, 0.5) is 10.1 Å². The number of aromatic nitrogens is 1. The molecule has 3 aromatic rings. The summed E-state index contributed by atoms with van der Waals surface area (Å²) in [4.78, 5) is 32.9. The Morgan fingerprint density at radius 2 is 1.67 bits per heavy atom. The van der Waals surface area contributed by atoms with Gasteiger partial charge in [-0.05, 0) is 54.1 Å². The number of nitrogens with zero attached hydrogens (tertiary/aromatic N) is 3. The van der Waals surface area contributed by atoms with Crippen molar-refractivity contribution in [2.24, 2.45) is 0 Å². The molecule has 0 spiro atoms. The third kappa shape index (κ3) is 5.95. The molecule has 0 saturated carbocycles. The van der Waals surface area contributed by atoms with Crippen molar-refractivity contribution in [1.29, 1.82) is 0 Å². The van der Waals surface area contributed by atoms with Crippen molar-refractivity contribution in [2.75, 3.05) is 37.6 Å². The van der Waals surface area contributed by atoms with Crippen LogP contribution in [0.25, 0.3) is 0 Å². The second kappa shape index (κ2) is 10.7. The molecular formula is C24H26FN5O3. The maximum absolute atomic E-state index is 13.2. The minimum absolute atomic E-state index is 0.202. The molecule has 1 saturated heterocycles. The van der Waals surface area contributed by atoms with Crippen molar-refractivity contribution in [2.45, 2.75) is 12.6 Å². The molecule has 9 heteroatoms. The highest BCUT2D eigenvalue weighted by molar-refractivity contribution is 6.35. The lowest BCUT2D eigenvalue weighted by Gasteiger charge is -2.39. The van der Waals surface area contributed by atoms with E-state index in [1.807, 2.05) is 6.07 Å². The standard InChI is InChI=1S/C24H26FN5O3/c25-19-3-5-20(6-4-19)29-11-13-30(14-12-29)21(22-2-1-15-33-22)17-28-24(32)23(31)27-16-18-7-9-26-10-8-18/h1-10,15,21H,11-14,16-17H2,(H,27,31)(H,28,32)/t21-/m0/s1. The molecular weight excluding hydrogens is 425 g/mol. The molecule has 2 N–H and O–H groups in total. The van der Waals surface area contributed by atoms with Gasteiger partial charge >= 0.3 is 11.8 Å². The van der Waals surface area contributed by atoms with Gasteiger partial charge in [-0.15, -0.1) is 0 Å². The van der Waals surface area contributed by atoms with Gasteiger partial charge in [0.1, 0.15) is 11.6 Å². The lowest BCUT2D eigenvalue weighted by atomic mass is 10.1. The third-order valence-corrected chi connectivity index (χ3v) is 5.68. The lowest BCUT2D eigenvalue weighted by molar-refractivity contribution is -0.139. The largest absolute Gasteiger partial charge is 0.468 e. The number of anilines is 1. The summed E-state index contributed by atoms with van der Waals surface area (Å²) < 4.78 is 18.8. The fraction of sp³-hybridized carbons (Fsp3) is 0.292. The fourth-order valence-electron chi connectivity index (χ4n) is 3.87. The van der Waals surface area contributed by atoms with Crippen molar-refractivity contribution >= 4 is 17.5 Å².